The first-order chi connectivity index (χ1) is 13.1. The molecule has 0 rings (SSSR count). The molecule has 0 aromatic carbocycles. The topological polar surface area (TPSA) is 138 Å². The molecule has 0 aromatic heterocycles. The molecule has 0 aliphatic heterocycles. The molecule has 2 amide bonds. The van der Waals surface area contributed by atoms with E-state index in [1.165, 1.54) is 57.0 Å². The summed E-state index contributed by atoms with van der Waals surface area (Å²) in [6, 6.07) is -1.84. The molecule has 8 nitrogen and oxygen atoms in total. The van der Waals surface area contributed by atoms with Crippen molar-refractivity contribution in [2.45, 2.75) is 39.8 Å². The minimum absolute atomic E-state index is 0. The number of aliphatic carboxylic acids is 2. The van der Waals surface area contributed by atoms with Crippen LogP contribution in [0.1, 0.15) is 27.7 Å². The molecule has 0 spiro atoms. The molecule has 0 bridgehead atoms. The van der Waals surface area contributed by atoms with Crippen LogP contribution in [0, 0.1) is 0 Å². The molecule has 0 aromatic rings. The quantitative estimate of drug-likeness (QED) is 0.216. The number of nitrogens with one attached hydrogen (secondary N) is 2. The summed E-state index contributed by atoms with van der Waals surface area (Å²) in [5.74, 6) is -2.66. The summed E-state index contributed by atoms with van der Waals surface area (Å²) in [4.78, 5) is 42.3. The van der Waals surface area contributed by atoms with Gasteiger partial charge in [-0.3, -0.25) is 9.59 Å². The molecule has 0 aliphatic rings. The summed E-state index contributed by atoms with van der Waals surface area (Å²) < 4.78 is 0. The monoisotopic (exact) mass is 492 g/mol. The largest absolute Gasteiger partial charge is 2.00 e. The summed E-state index contributed by atoms with van der Waals surface area (Å²) in [5, 5.41) is 29.3. The molecule has 0 aliphatic carbocycles. The van der Waals surface area contributed by atoms with E-state index in [2.05, 4.69) is 10.6 Å². The van der Waals surface area contributed by atoms with Crippen molar-refractivity contribution in [1.82, 2.24) is 10.6 Å². The Morgan fingerprint density at radius 3 is 1.31 bits per heavy atom. The van der Waals surface area contributed by atoms with Crippen LogP contribution in [0.3, 0.4) is 0 Å². The average Bonchev–Trinajstić information content (AvgIpc) is 2.60. The van der Waals surface area contributed by atoms with Crippen LogP contribution in [-0.2, 0) is 19.2 Å². The van der Waals surface area contributed by atoms with E-state index in [-0.39, 0.29) is 46.4 Å². The number of hydrogen-bond donors (Lipinski definition) is 2. The van der Waals surface area contributed by atoms with E-state index in [9.17, 15) is 29.4 Å². The Labute approximate surface area is 203 Å². The maximum Gasteiger partial charge on any atom is 2.00 e. The maximum absolute atomic E-state index is 10.6. The summed E-state index contributed by atoms with van der Waals surface area (Å²) in [6.07, 6.45) is 3.70. The minimum atomic E-state index is -1.26. The molecule has 2 atom stereocenters. The number of carboxylic acids is 2. The third kappa shape index (κ3) is 23.7. The molecular formula is C16H24MgN2O6S4. The third-order valence-corrected chi connectivity index (χ3v) is 6.59. The molecule has 0 saturated heterocycles. The molecule has 0 fully saturated rings. The Morgan fingerprint density at radius 1 is 0.793 bits per heavy atom. The number of hydrogen-bond acceptors (Lipinski definition) is 10. The van der Waals surface area contributed by atoms with Crippen molar-refractivity contribution in [3.8, 4) is 0 Å². The Hall–Kier alpha value is -0.474. The first-order valence-corrected chi connectivity index (χ1v) is 12.7. The van der Waals surface area contributed by atoms with Crippen molar-refractivity contribution >= 4 is 90.0 Å². The first kappa shape index (κ1) is 33.2. The van der Waals surface area contributed by atoms with Gasteiger partial charge in [-0.05, 0) is 24.7 Å². The van der Waals surface area contributed by atoms with Crippen molar-refractivity contribution < 1.29 is 29.4 Å². The SMILES string of the molecule is C/C=C/SSC[C@H](NC(C)=O)C(=O)[O-].C/C=C/SSC[C@H](NC(C)=O)C(=O)[O-].[Mg+2]. The zero-order valence-corrected chi connectivity index (χ0v) is 21.3. The zero-order chi connectivity index (χ0) is 21.9. The van der Waals surface area contributed by atoms with Gasteiger partial charge in [0.2, 0.25) is 11.8 Å². The maximum atomic E-state index is 10.6. The Kier molecular flexibility index (Phi) is 25.4. The van der Waals surface area contributed by atoms with Gasteiger partial charge in [0.15, 0.2) is 0 Å². The van der Waals surface area contributed by atoms with Gasteiger partial charge in [0, 0.05) is 25.4 Å². The molecule has 29 heavy (non-hydrogen) atoms. The van der Waals surface area contributed by atoms with Crippen LogP contribution in [0.4, 0.5) is 0 Å². The molecule has 160 valence electrons. The molecule has 2 N–H and O–H groups in total. The van der Waals surface area contributed by atoms with Crippen molar-refractivity contribution in [2.24, 2.45) is 0 Å². The molecule has 0 unspecified atom stereocenters. The molecule has 0 radical (unpaired) electrons. The normalized spacial score (nSPS) is 12.3. The number of carboxylic acid groups (broad SMARTS) is 2. The first-order valence-electron chi connectivity index (χ1n) is 7.90. The van der Waals surface area contributed by atoms with Crippen LogP contribution in [-0.4, -0.2) is 70.4 Å². The molecule has 13 heteroatoms. The second kappa shape index (κ2) is 22.2. The summed E-state index contributed by atoms with van der Waals surface area (Å²) in [6.45, 7) is 6.30. The fourth-order valence-electron chi connectivity index (χ4n) is 1.23. The predicted molar refractivity (Wildman–Crippen MR) is 121 cm³/mol. The molecule has 0 heterocycles. The minimum Gasteiger partial charge on any atom is -0.548 e. The van der Waals surface area contributed by atoms with Gasteiger partial charge in [-0.2, -0.15) is 0 Å². The number of amides is 2. The van der Waals surface area contributed by atoms with Gasteiger partial charge in [0.25, 0.3) is 0 Å². The van der Waals surface area contributed by atoms with Gasteiger partial charge in [0.05, 0.1) is 24.0 Å². The second-order valence-corrected chi connectivity index (χ2v) is 9.48. The van der Waals surface area contributed by atoms with Crippen LogP contribution < -0.4 is 20.8 Å². The van der Waals surface area contributed by atoms with Crippen molar-refractivity contribution in [3.05, 3.63) is 23.0 Å². The van der Waals surface area contributed by atoms with Gasteiger partial charge in [0.1, 0.15) is 0 Å². The summed E-state index contributed by atoms with van der Waals surface area (Å²) in [5.41, 5.74) is 0. The van der Waals surface area contributed by atoms with Crippen molar-refractivity contribution in [1.29, 1.82) is 0 Å². The Balaban J connectivity index is -0.000000451. The van der Waals surface area contributed by atoms with E-state index in [0.29, 0.717) is 0 Å². The van der Waals surface area contributed by atoms with Gasteiger partial charge in [-0.15, -0.1) is 0 Å². The van der Waals surface area contributed by atoms with Crippen molar-refractivity contribution in [2.75, 3.05) is 11.5 Å². The smallest absolute Gasteiger partial charge is 0.548 e. The van der Waals surface area contributed by atoms with Crippen LogP contribution in [0.5, 0.6) is 0 Å². The summed E-state index contributed by atoms with van der Waals surface area (Å²) >= 11 is 0. The van der Waals surface area contributed by atoms with Crippen LogP contribution in [0.15, 0.2) is 23.0 Å². The second-order valence-electron chi connectivity index (χ2n) is 4.84. The predicted octanol–water partition coefficient (Wildman–Crippen LogP) is -0.0688. The fourth-order valence-corrected chi connectivity index (χ4v) is 4.91. The standard InChI is InChI=1S/2C8H13NO3S2.Mg/c2*1-3-4-13-14-5-7(8(11)12)9-6(2)10;/h2*3-4,7H,5H2,1-2H3,(H,9,10)(H,11,12);/q;;+2/p-2/b2*4-3+;/t2*7-;/m00./s1. The summed E-state index contributed by atoms with van der Waals surface area (Å²) in [7, 11) is 5.54. The van der Waals surface area contributed by atoms with Gasteiger partial charge < -0.3 is 30.4 Å². The van der Waals surface area contributed by atoms with Gasteiger partial charge >= 0.3 is 23.1 Å². The molecular weight excluding hydrogens is 469 g/mol. The van der Waals surface area contributed by atoms with Gasteiger partial charge in [-0.25, -0.2) is 0 Å². The van der Waals surface area contributed by atoms with E-state index < -0.39 is 24.0 Å². The number of rotatable bonds is 12. The average molecular weight is 493 g/mol. The Bertz CT molecular complexity index is 516. The van der Waals surface area contributed by atoms with Crippen LogP contribution >= 0.6 is 43.2 Å². The third-order valence-electron chi connectivity index (χ3n) is 2.31. The van der Waals surface area contributed by atoms with Gasteiger partial charge in [-0.1, -0.05) is 55.3 Å². The van der Waals surface area contributed by atoms with Crippen LogP contribution in [0.2, 0.25) is 0 Å². The zero-order valence-electron chi connectivity index (χ0n) is 16.7. The molecule has 0 saturated carbocycles. The van der Waals surface area contributed by atoms with E-state index in [0.717, 1.165) is 0 Å². The van der Waals surface area contributed by atoms with E-state index in [4.69, 9.17) is 0 Å². The van der Waals surface area contributed by atoms with E-state index in [1.54, 1.807) is 0 Å². The number of carbonyl (C=O) groups is 4. The van der Waals surface area contributed by atoms with Crippen molar-refractivity contribution in [3.63, 3.8) is 0 Å². The van der Waals surface area contributed by atoms with E-state index in [1.807, 2.05) is 36.8 Å². The number of allylic oxidation sites excluding steroid dienone is 2. The number of carbonyl (C=O) groups excluding carboxylic acids is 4. The Morgan fingerprint density at radius 2 is 1.10 bits per heavy atom. The van der Waals surface area contributed by atoms with Crippen LogP contribution in [0.25, 0.3) is 0 Å². The van der Waals surface area contributed by atoms with E-state index >= 15 is 0 Å². The fraction of sp³-hybridized carbons (Fsp3) is 0.500.